The number of hydrogen-bond acceptors (Lipinski definition) is 6. The molecule has 1 amide bonds. The van der Waals surface area contributed by atoms with Gasteiger partial charge in [0.1, 0.15) is 5.75 Å². The van der Waals surface area contributed by atoms with Gasteiger partial charge in [0.05, 0.1) is 12.2 Å². The number of benzene rings is 1. The van der Waals surface area contributed by atoms with Crippen molar-refractivity contribution in [3.05, 3.63) is 42.0 Å². The molecule has 0 unspecified atom stereocenters. The summed E-state index contributed by atoms with van der Waals surface area (Å²) in [6.45, 7) is 7.43. The molecular weight excluding hydrogens is 354 g/mol. The van der Waals surface area contributed by atoms with Crippen LogP contribution in [0.1, 0.15) is 30.1 Å². The summed E-state index contributed by atoms with van der Waals surface area (Å²) in [5.41, 5.74) is 0.632. The van der Waals surface area contributed by atoms with Gasteiger partial charge in [0, 0.05) is 39.3 Å². The number of carbonyl (C=O) groups is 1. The second-order valence-corrected chi connectivity index (χ2v) is 7.15. The number of aromatic nitrogens is 2. The third kappa shape index (κ3) is 3.88. The maximum atomic E-state index is 12.9. The normalized spacial score (nSPS) is 17.1. The van der Waals surface area contributed by atoms with E-state index >= 15 is 0 Å². The van der Waals surface area contributed by atoms with Gasteiger partial charge in [-0.05, 0) is 44.0 Å². The number of ether oxygens (including phenoxy) is 1. The molecule has 0 bridgehead atoms. The lowest BCUT2D eigenvalue weighted by Crippen LogP contribution is -2.49. The molecular formula is C21H27N5O2. The van der Waals surface area contributed by atoms with Crippen LogP contribution in [0.5, 0.6) is 5.75 Å². The summed E-state index contributed by atoms with van der Waals surface area (Å²) in [7, 11) is 0. The summed E-state index contributed by atoms with van der Waals surface area (Å²) in [5.74, 6) is 2.52. The molecule has 2 aromatic rings. The molecule has 0 spiro atoms. The SMILES string of the molecule is CCOc1ccccc1C(=O)N1CCN(c2ccc(N3CCCC3)nn2)CC1. The van der Waals surface area contributed by atoms with E-state index in [1.165, 1.54) is 12.8 Å². The molecule has 3 heterocycles. The van der Waals surface area contributed by atoms with Crippen LogP contribution < -0.4 is 14.5 Å². The Morgan fingerprint density at radius 2 is 1.50 bits per heavy atom. The Kier molecular flexibility index (Phi) is 5.60. The molecule has 0 aliphatic carbocycles. The summed E-state index contributed by atoms with van der Waals surface area (Å²) in [4.78, 5) is 19.3. The Morgan fingerprint density at radius 3 is 2.11 bits per heavy atom. The van der Waals surface area contributed by atoms with Gasteiger partial charge in [0.25, 0.3) is 5.91 Å². The molecule has 7 heteroatoms. The number of amides is 1. The van der Waals surface area contributed by atoms with E-state index in [1.54, 1.807) is 0 Å². The van der Waals surface area contributed by atoms with Crippen LogP contribution in [-0.2, 0) is 0 Å². The van der Waals surface area contributed by atoms with E-state index in [-0.39, 0.29) is 5.91 Å². The highest BCUT2D eigenvalue weighted by atomic mass is 16.5. The lowest BCUT2D eigenvalue weighted by Gasteiger charge is -2.35. The van der Waals surface area contributed by atoms with Gasteiger partial charge in [-0.2, -0.15) is 0 Å². The predicted molar refractivity (Wildman–Crippen MR) is 109 cm³/mol. The minimum Gasteiger partial charge on any atom is -0.493 e. The highest BCUT2D eigenvalue weighted by molar-refractivity contribution is 5.97. The zero-order valence-electron chi connectivity index (χ0n) is 16.4. The summed E-state index contributed by atoms with van der Waals surface area (Å²) in [6, 6.07) is 11.6. The number of nitrogens with zero attached hydrogens (tertiary/aromatic N) is 5. The molecule has 0 radical (unpaired) electrons. The average molecular weight is 381 g/mol. The molecule has 1 aromatic carbocycles. The summed E-state index contributed by atoms with van der Waals surface area (Å²) in [5, 5.41) is 8.83. The van der Waals surface area contributed by atoms with Crippen molar-refractivity contribution in [3.8, 4) is 5.75 Å². The highest BCUT2D eigenvalue weighted by Gasteiger charge is 2.25. The maximum absolute atomic E-state index is 12.9. The van der Waals surface area contributed by atoms with Crippen molar-refractivity contribution in [1.82, 2.24) is 15.1 Å². The predicted octanol–water partition coefficient (Wildman–Crippen LogP) is 2.44. The molecule has 7 nitrogen and oxygen atoms in total. The molecule has 2 saturated heterocycles. The van der Waals surface area contributed by atoms with Crippen LogP contribution in [0.25, 0.3) is 0 Å². The van der Waals surface area contributed by atoms with E-state index in [4.69, 9.17) is 4.74 Å². The van der Waals surface area contributed by atoms with Gasteiger partial charge in [0.2, 0.25) is 0 Å². The van der Waals surface area contributed by atoms with E-state index in [9.17, 15) is 4.79 Å². The zero-order chi connectivity index (χ0) is 19.3. The largest absolute Gasteiger partial charge is 0.493 e. The van der Waals surface area contributed by atoms with E-state index in [0.29, 0.717) is 31.0 Å². The molecule has 2 fully saturated rings. The zero-order valence-corrected chi connectivity index (χ0v) is 16.4. The van der Waals surface area contributed by atoms with Crippen LogP contribution in [0.3, 0.4) is 0 Å². The topological polar surface area (TPSA) is 61.8 Å². The number of piperazine rings is 1. The van der Waals surface area contributed by atoms with Gasteiger partial charge in [-0.15, -0.1) is 10.2 Å². The molecule has 0 atom stereocenters. The van der Waals surface area contributed by atoms with Crippen LogP contribution in [0.2, 0.25) is 0 Å². The molecule has 4 rings (SSSR count). The van der Waals surface area contributed by atoms with E-state index < -0.39 is 0 Å². The Labute approximate surface area is 165 Å². The second-order valence-electron chi connectivity index (χ2n) is 7.15. The highest BCUT2D eigenvalue weighted by Crippen LogP contribution is 2.23. The molecule has 28 heavy (non-hydrogen) atoms. The van der Waals surface area contributed by atoms with Gasteiger partial charge < -0.3 is 19.4 Å². The van der Waals surface area contributed by atoms with E-state index in [2.05, 4.69) is 26.1 Å². The number of para-hydroxylation sites is 1. The van der Waals surface area contributed by atoms with Gasteiger partial charge >= 0.3 is 0 Å². The van der Waals surface area contributed by atoms with Crippen LogP contribution in [0.4, 0.5) is 11.6 Å². The van der Waals surface area contributed by atoms with E-state index in [1.807, 2.05) is 42.2 Å². The van der Waals surface area contributed by atoms with Crippen molar-refractivity contribution in [2.24, 2.45) is 0 Å². The quantitative estimate of drug-likeness (QED) is 0.793. The second kappa shape index (κ2) is 8.46. The summed E-state index contributed by atoms with van der Waals surface area (Å²) >= 11 is 0. The smallest absolute Gasteiger partial charge is 0.257 e. The van der Waals surface area contributed by atoms with E-state index in [0.717, 1.165) is 37.8 Å². The van der Waals surface area contributed by atoms with Crippen LogP contribution >= 0.6 is 0 Å². The van der Waals surface area contributed by atoms with Crippen molar-refractivity contribution in [2.75, 3.05) is 55.7 Å². The van der Waals surface area contributed by atoms with Crippen molar-refractivity contribution >= 4 is 17.5 Å². The van der Waals surface area contributed by atoms with Gasteiger partial charge in [-0.25, -0.2) is 0 Å². The number of rotatable bonds is 5. The van der Waals surface area contributed by atoms with Crippen LogP contribution in [0, 0.1) is 0 Å². The average Bonchev–Trinajstić information content (AvgIpc) is 3.29. The van der Waals surface area contributed by atoms with Gasteiger partial charge in [-0.1, -0.05) is 12.1 Å². The fraction of sp³-hybridized carbons (Fsp3) is 0.476. The fourth-order valence-electron chi connectivity index (χ4n) is 3.84. The Bertz CT molecular complexity index is 797. The first-order valence-corrected chi connectivity index (χ1v) is 10.1. The Balaban J connectivity index is 1.37. The van der Waals surface area contributed by atoms with Crippen LogP contribution in [0.15, 0.2) is 36.4 Å². The minimum absolute atomic E-state index is 0.0270. The van der Waals surface area contributed by atoms with Gasteiger partial charge in [-0.3, -0.25) is 4.79 Å². The number of carbonyl (C=O) groups excluding carboxylic acids is 1. The first-order chi connectivity index (χ1) is 13.8. The third-order valence-electron chi connectivity index (χ3n) is 5.37. The molecule has 2 aliphatic heterocycles. The summed E-state index contributed by atoms with van der Waals surface area (Å²) in [6.07, 6.45) is 2.46. The fourth-order valence-corrected chi connectivity index (χ4v) is 3.84. The standard InChI is InChI=1S/C21H27N5O2/c1-2-28-18-8-4-3-7-17(18)21(27)26-15-13-25(14-16-26)20-10-9-19(22-23-20)24-11-5-6-12-24/h3-4,7-10H,2,5-6,11-16H2,1H3. The van der Waals surface area contributed by atoms with Crippen molar-refractivity contribution in [2.45, 2.75) is 19.8 Å². The van der Waals surface area contributed by atoms with Crippen molar-refractivity contribution < 1.29 is 9.53 Å². The monoisotopic (exact) mass is 381 g/mol. The van der Waals surface area contributed by atoms with Crippen LogP contribution in [-0.4, -0.2) is 66.9 Å². The molecule has 0 N–H and O–H groups in total. The Morgan fingerprint density at radius 1 is 0.893 bits per heavy atom. The minimum atomic E-state index is 0.0270. The molecule has 1 aromatic heterocycles. The molecule has 0 saturated carbocycles. The van der Waals surface area contributed by atoms with Crippen molar-refractivity contribution in [3.63, 3.8) is 0 Å². The third-order valence-corrected chi connectivity index (χ3v) is 5.37. The van der Waals surface area contributed by atoms with Crippen molar-refractivity contribution in [1.29, 1.82) is 0 Å². The molecule has 2 aliphatic rings. The number of hydrogen-bond donors (Lipinski definition) is 0. The first kappa shape index (κ1) is 18.5. The summed E-state index contributed by atoms with van der Waals surface area (Å²) < 4.78 is 5.61. The Hall–Kier alpha value is -2.83. The molecule has 148 valence electrons. The maximum Gasteiger partial charge on any atom is 0.257 e. The number of anilines is 2. The lowest BCUT2D eigenvalue weighted by molar-refractivity contribution is 0.0742. The van der Waals surface area contributed by atoms with Gasteiger partial charge in [0.15, 0.2) is 11.6 Å². The first-order valence-electron chi connectivity index (χ1n) is 10.1. The lowest BCUT2D eigenvalue weighted by atomic mass is 10.1.